The number of unbranched alkanes of at least 4 members (excludes halogenated alkanes) is 2. The molecular weight excluding hydrogens is 204 g/mol. The van der Waals surface area contributed by atoms with Crippen molar-refractivity contribution >= 4 is 5.97 Å². The van der Waals surface area contributed by atoms with E-state index in [-0.39, 0.29) is 5.97 Å². The number of hydrogen-bond donors (Lipinski definition) is 0. The second kappa shape index (κ2) is 6.88. The Hall–Kier alpha value is -1.51. The summed E-state index contributed by atoms with van der Waals surface area (Å²) in [5, 5.41) is 0. The van der Waals surface area contributed by atoms with Crippen LogP contribution < -0.4 is 4.89 Å². The SMILES string of the molecule is CCCCCC(=O)OOc1ccccc1C. The van der Waals surface area contributed by atoms with Gasteiger partial charge >= 0.3 is 5.97 Å². The molecule has 0 amide bonds. The van der Waals surface area contributed by atoms with Gasteiger partial charge in [-0.25, -0.2) is 4.79 Å². The number of rotatable bonds is 6. The predicted molar refractivity (Wildman–Crippen MR) is 62.0 cm³/mol. The fraction of sp³-hybridized carbons (Fsp3) is 0.462. The van der Waals surface area contributed by atoms with Gasteiger partial charge in [-0.1, -0.05) is 38.0 Å². The van der Waals surface area contributed by atoms with Crippen LogP contribution >= 0.6 is 0 Å². The van der Waals surface area contributed by atoms with Crippen molar-refractivity contribution in [1.29, 1.82) is 0 Å². The van der Waals surface area contributed by atoms with Crippen molar-refractivity contribution in [1.82, 2.24) is 0 Å². The molecule has 3 heteroatoms. The summed E-state index contributed by atoms with van der Waals surface area (Å²) in [6.45, 7) is 4.00. The maximum atomic E-state index is 11.3. The molecule has 0 fully saturated rings. The highest BCUT2D eigenvalue weighted by atomic mass is 17.2. The van der Waals surface area contributed by atoms with Crippen LogP contribution in [0.2, 0.25) is 0 Å². The van der Waals surface area contributed by atoms with E-state index in [2.05, 4.69) is 6.92 Å². The van der Waals surface area contributed by atoms with E-state index in [0.717, 1.165) is 24.8 Å². The number of para-hydroxylation sites is 1. The Kier molecular flexibility index (Phi) is 5.40. The van der Waals surface area contributed by atoms with Crippen LogP contribution in [0.15, 0.2) is 24.3 Å². The predicted octanol–water partition coefficient (Wildman–Crippen LogP) is 3.41. The summed E-state index contributed by atoms with van der Waals surface area (Å²) >= 11 is 0. The average molecular weight is 222 g/mol. The lowest BCUT2D eigenvalue weighted by Crippen LogP contribution is -2.08. The number of benzene rings is 1. The standard InChI is InChI=1S/C13H18O3/c1-3-4-5-10-13(14)16-15-12-9-7-6-8-11(12)2/h6-9H,3-5,10H2,1-2H3. The Balaban J connectivity index is 2.29. The Morgan fingerprint density at radius 2 is 2.00 bits per heavy atom. The van der Waals surface area contributed by atoms with Gasteiger partial charge in [0.2, 0.25) is 0 Å². The lowest BCUT2D eigenvalue weighted by molar-refractivity contribution is -0.214. The molecule has 0 aliphatic rings. The third-order valence-corrected chi connectivity index (χ3v) is 2.30. The molecule has 1 rings (SSSR count). The Morgan fingerprint density at radius 1 is 1.25 bits per heavy atom. The number of carbonyl (C=O) groups excluding carboxylic acids is 1. The van der Waals surface area contributed by atoms with Crippen molar-refractivity contribution in [3.05, 3.63) is 29.8 Å². The minimum Gasteiger partial charge on any atom is -0.287 e. The van der Waals surface area contributed by atoms with Crippen LogP contribution in [0.1, 0.15) is 38.2 Å². The normalized spacial score (nSPS) is 9.88. The third kappa shape index (κ3) is 4.34. The molecule has 0 aliphatic carbocycles. The molecule has 0 heterocycles. The largest absolute Gasteiger partial charge is 0.355 e. The van der Waals surface area contributed by atoms with Crippen molar-refractivity contribution in [2.45, 2.75) is 39.5 Å². The first kappa shape index (κ1) is 12.6. The first-order valence-electron chi connectivity index (χ1n) is 5.67. The number of hydrogen-bond acceptors (Lipinski definition) is 3. The van der Waals surface area contributed by atoms with Crippen LogP contribution in [0.3, 0.4) is 0 Å². The first-order chi connectivity index (χ1) is 7.74. The summed E-state index contributed by atoms with van der Waals surface area (Å²) in [5.74, 6) is 0.281. The van der Waals surface area contributed by atoms with E-state index in [9.17, 15) is 4.79 Å². The Morgan fingerprint density at radius 3 is 2.69 bits per heavy atom. The van der Waals surface area contributed by atoms with Gasteiger partial charge in [0.1, 0.15) is 0 Å². The first-order valence-corrected chi connectivity index (χ1v) is 5.67. The van der Waals surface area contributed by atoms with Crippen molar-refractivity contribution in [2.75, 3.05) is 0 Å². The van der Waals surface area contributed by atoms with Gasteiger partial charge in [-0.3, -0.25) is 9.78 Å². The Labute approximate surface area is 96.3 Å². The van der Waals surface area contributed by atoms with Crippen molar-refractivity contribution in [2.24, 2.45) is 0 Å². The summed E-state index contributed by atoms with van der Waals surface area (Å²) in [6, 6.07) is 7.42. The molecule has 0 bridgehead atoms. The van der Waals surface area contributed by atoms with E-state index in [4.69, 9.17) is 9.78 Å². The van der Waals surface area contributed by atoms with Gasteiger partial charge in [0.15, 0.2) is 5.75 Å². The zero-order chi connectivity index (χ0) is 11.8. The van der Waals surface area contributed by atoms with Crippen LogP contribution in [0.4, 0.5) is 0 Å². The fourth-order valence-electron chi connectivity index (χ4n) is 1.30. The zero-order valence-corrected chi connectivity index (χ0v) is 9.86. The lowest BCUT2D eigenvalue weighted by atomic mass is 10.2. The molecule has 0 atom stereocenters. The lowest BCUT2D eigenvalue weighted by Gasteiger charge is -2.06. The van der Waals surface area contributed by atoms with Gasteiger partial charge in [0, 0.05) is 0 Å². The fourth-order valence-corrected chi connectivity index (χ4v) is 1.30. The molecule has 0 N–H and O–H groups in total. The quantitative estimate of drug-likeness (QED) is 0.420. The number of aryl methyl sites for hydroxylation is 1. The molecule has 0 radical (unpaired) electrons. The Bertz CT molecular complexity index is 334. The highest BCUT2D eigenvalue weighted by Crippen LogP contribution is 2.16. The van der Waals surface area contributed by atoms with E-state index in [1.165, 1.54) is 0 Å². The highest BCUT2D eigenvalue weighted by molar-refractivity contribution is 5.68. The monoisotopic (exact) mass is 222 g/mol. The maximum Gasteiger partial charge on any atom is 0.355 e. The summed E-state index contributed by atoms with van der Waals surface area (Å²) in [6.07, 6.45) is 3.40. The summed E-state index contributed by atoms with van der Waals surface area (Å²) in [7, 11) is 0. The smallest absolute Gasteiger partial charge is 0.287 e. The minimum atomic E-state index is -0.309. The molecule has 0 spiro atoms. The van der Waals surface area contributed by atoms with Crippen LogP contribution in [0, 0.1) is 6.92 Å². The van der Waals surface area contributed by atoms with Gasteiger partial charge in [0.05, 0.1) is 6.42 Å². The molecule has 0 saturated carbocycles. The van der Waals surface area contributed by atoms with Crippen molar-refractivity contribution in [3.63, 3.8) is 0 Å². The van der Waals surface area contributed by atoms with E-state index in [1.54, 1.807) is 6.07 Å². The van der Waals surface area contributed by atoms with Gasteiger partial charge in [0.25, 0.3) is 0 Å². The second-order valence-electron chi connectivity index (χ2n) is 3.76. The van der Waals surface area contributed by atoms with E-state index < -0.39 is 0 Å². The third-order valence-electron chi connectivity index (χ3n) is 2.30. The molecule has 88 valence electrons. The summed E-state index contributed by atoms with van der Waals surface area (Å²) in [4.78, 5) is 21.0. The van der Waals surface area contributed by atoms with Gasteiger partial charge in [-0.2, -0.15) is 0 Å². The van der Waals surface area contributed by atoms with E-state index in [0.29, 0.717) is 12.2 Å². The van der Waals surface area contributed by atoms with Crippen molar-refractivity contribution < 1.29 is 14.6 Å². The molecular formula is C13H18O3. The topological polar surface area (TPSA) is 35.5 Å². The van der Waals surface area contributed by atoms with Gasteiger partial charge in [-0.05, 0) is 25.0 Å². The highest BCUT2D eigenvalue weighted by Gasteiger charge is 2.05. The minimum absolute atomic E-state index is 0.309. The van der Waals surface area contributed by atoms with Crippen molar-refractivity contribution in [3.8, 4) is 5.75 Å². The van der Waals surface area contributed by atoms with Crippen LogP contribution in [0.5, 0.6) is 5.75 Å². The van der Waals surface area contributed by atoms with E-state index in [1.807, 2.05) is 25.1 Å². The summed E-state index contributed by atoms with van der Waals surface area (Å²) in [5.41, 5.74) is 0.948. The molecule has 0 saturated heterocycles. The van der Waals surface area contributed by atoms with Gasteiger partial charge < -0.3 is 0 Å². The molecule has 1 aromatic rings. The number of carbonyl (C=O) groups is 1. The molecule has 0 aromatic heterocycles. The second-order valence-corrected chi connectivity index (χ2v) is 3.76. The van der Waals surface area contributed by atoms with Crippen LogP contribution in [-0.2, 0) is 9.68 Å². The molecule has 1 aromatic carbocycles. The maximum absolute atomic E-state index is 11.3. The zero-order valence-electron chi connectivity index (χ0n) is 9.86. The van der Waals surface area contributed by atoms with Gasteiger partial charge in [-0.15, -0.1) is 0 Å². The average Bonchev–Trinajstić information content (AvgIpc) is 2.28. The van der Waals surface area contributed by atoms with Crippen LogP contribution in [-0.4, -0.2) is 5.97 Å². The molecule has 16 heavy (non-hydrogen) atoms. The molecule has 0 aliphatic heterocycles. The summed E-state index contributed by atoms with van der Waals surface area (Å²) < 4.78 is 0. The van der Waals surface area contributed by atoms with Crippen LogP contribution in [0.25, 0.3) is 0 Å². The van der Waals surface area contributed by atoms with E-state index >= 15 is 0 Å². The molecule has 3 nitrogen and oxygen atoms in total. The molecule has 0 unspecified atom stereocenters.